The van der Waals surface area contributed by atoms with Gasteiger partial charge in [-0.3, -0.25) is 0 Å². The van der Waals surface area contributed by atoms with E-state index in [1.807, 2.05) is 64.2 Å². The van der Waals surface area contributed by atoms with E-state index in [9.17, 15) is 0 Å². The van der Waals surface area contributed by atoms with Gasteiger partial charge in [0.2, 0.25) is 0 Å². The Kier molecular flexibility index (Phi) is 14.4. The zero-order valence-electron chi connectivity index (χ0n) is 7.24. The molecule has 66 valence electrons. The molecule has 0 N–H and O–H groups in total. The van der Waals surface area contributed by atoms with Crippen molar-refractivity contribution in [3.8, 4) is 0 Å². The molecule has 2 fully saturated rings. The average Bonchev–Trinajstić information content (AvgIpc) is 2.85. The molecule has 2 rings (SSSR count). The summed E-state index contributed by atoms with van der Waals surface area (Å²) in [5.41, 5.74) is 0. The zero-order chi connectivity index (χ0) is 9.78. The van der Waals surface area contributed by atoms with Gasteiger partial charge in [-0.15, -0.1) is 0 Å². The monoisotopic (exact) mass is 264 g/mol. The summed E-state index contributed by atoms with van der Waals surface area (Å²) in [7, 11) is 9.90. The van der Waals surface area contributed by atoms with Crippen molar-refractivity contribution in [1.82, 2.24) is 0 Å². The summed E-state index contributed by atoms with van der Waals surface area (Å²) in [6.45, 7) is 0. The Hall–Kier alpha value is 1.20. The van der Waals surface area contributed by atoms with Crippen LogP contribution in [0.15, 0.2) is 0 Å². The molecule has 0 unspecified atom stereocenters. The molecule has 0 aromatic heterocycles. The average molecular weight is 266 g/mol. The number of halogens is 2. The van der Waals surface area contributed by atoms with Gasteiger partial charge in [-0.05, 0) is 64.2 Å². The van der Waals surface area contributed by atoms with Crippen LogP contribution in [0.3, 0.4) is 0 Å². The Bertz CT molecular complexity index is 55.8. The van der Waals surface area contributed by atoms with E-state index in [0.29, 0.717) is 0 Å². The van der Waals surface area contributed by atoms with Gasteiger partial charge in [-0.25, -0.2) is 0 Å². The van der Waals surface area contributed by atoms with E-state index in [4.69, 9.17) is 19.4 Å². The van der Waals surface area contributed by atoms with Crippen LogP contribution in [0.1, 0.15) is 0 Å². The Labute approximate surface area is 98.4 Å². The second-order valence-corrected chi connectivity index (χ2v) is 6.65. The fourth-order valence-electron chi connectivity index (χ4n) is 0.642. The molecule has 2 saturated carbocycles. The number of rotatable bonds is 0. The van der Waals surface area contributed by atoms with Crippen molar-refractivity contribution < 1.29 is 15.1 Å². The molecule has 0 aliphatic heterocycles. The van der Waals surface area contributed by atoms with E-state index in [2.05, 4.69) is 0 Å². The van der Waals surface area contributed by atoms with Crippen molar-refractivity contribution in [2.24, 2.45) is 0 Å². The van der Waals surface area contributed by atoms with E-state index < -0.39 is 15.1 Å². The van der Waals surface area contributed by atoms with Gasteiger partial charge >= 0.3 is 34.5 Å². The minimum absolute atomic E-state index is 0.931. The van der Waals surface area contributed by atoms with Crippen LogP contribution in [0.25, 0.3) is 0 Å². The first-order valence-electron chi connectivity index (χ1n) is 3.87. The van der Waals surface area contributed by atoms with Gasteiger partial charge in [-0.1, -0.05) is 0 Å². The Morgan fingerprint density at radius 2 is 0.538 bits per heavy atom. The van der Waals surface area contributed by atoms with Crippen molar-refractivity contribution in [3.05, 3.63) is 64.2 Å². The summed E-state index contributed by atoms with van der Waals surface area (Å²) in [4.78, 5) is 0. The third-order valence-electron chi connectivity index (χ3n) is 1.11. The molecular formula is C10H10Cl2Zn. The van der Waals surface area contributed by atoms with Crippen molar-refractivity contribution in [3.63, 3.8) is 0 Å². The van der Waals surface area contributed by atoms with E-state index in [1.165, 1.54) is 0 Å². The Morgan fingerprint density at radius 3 is 0.615 bits per heavy atom. The normalized spacial score (nSPS) is 19.2. The maximum atomic E-state index is 4.95. The second kappa shape index (κ2) is 13.2. The molecule has 0 aromatic carbocycles. The predicted molar refractivity (Wildman–Crippen MR) is 54.7 cm³/mol. The maximum absolute atomic E-state index is 4.95. The topological polar surface area (TPSA) is 0 Å². The van der Waals surface area contributed by atoms with Gasteiger partial charge in [0.15, 0.2) is 0 Å². The molecule has 0 aromatic rings. The van der Waals surface area contributed by atoms with Crippen molar-refractivity contribution in [1.29, 1.82) is 0 Å². The zero-order valence-corrected chi connectivity index (χ0v) is 11.7. The van der Waals surface area contributed by atoms with Gasteiger partial charge in [0.1, 0.15) is 0 Å². The van der Waals surface area contributed by atoms with Crippen molar-refractivity contribution in [2.45, 2.75) is 0 Å². The molecule has 13 heavy (non-hydrogen) atoms. The van der Waals surface area contributed by atoms with Crippen LogP contribution in [0, 0.1) is 64.2 Å². The van der Waals surface area contributed by atoms with Crippen molar-refractivity contribution in [2.75, 3.05) is 0 Å². The molecule has 0 nitrogen and oxygen atoms in total. The van der Waals surface area contributed by atoms with Crippen LogP contribution in [0.4, 0.5) is 0 Å². The molecule has 0 saturated heterocycles. The fourth-order valence-corrected chi connectivity index (χ4v) is 0.642. The molecular weight excluding hydrogens is 256 g/mol. The van der Waals surface area contributed by atoms with Gasteiger partial charge in [0, 0.05) is 0 Å². The standard InChI is InChI=1S/2C5H5.2ClH.Zn/c2*1-2-4-5-3-1;;;/h2*1-5H;2*1H;/q;;;;+2/p-2. The molecule has 3 heteroatoms. The van der Waals surface area contributed by atoms with Crippen LogP contribution in [0.2, 0.25) is 0 Å². The molecule has 0 atom stereocenters. The van der Waals surface area contributed by atoms with E-state index >= 15 is 0 Å². The third kappa shape index (κ3) is 13.2. The van der Waals surface area contributed by atoms with E-state index in [0.717, 1.165) is 0 Å². The summed E-state index contributed by atoms with van der Waals surface area (Å²) in [6.07, 6.45) is 20.0. The molecule has 0 heterocycles. The van der Waals surface area contributed by atoms with Gasteiger partial charge in [-0.2, -0.15) is 0 Å². The third-order valence-corrected chi connectivity index (χ3v) is 1.11. The number of hydrogen-bond donors (Lipinski definition) is 0. The molecule has 10 radical (unpaired) electrons. The van der Waals surface area contributed by atoms with Crippen molar-refractivity contribution >= 4 is 19.4 Å². The summed E-state index contributed by atoms with van der Waals surface area (Å²) >= 11 is -0.931. The predicted octanol–water partition coefficient (Wildman–Crippen LogP) is 3.42. The first kappa shape index (κ1) is 14.2. The van der Waals surface area contributed by atoms with Gasteiger partial charge in [0.25, 0.3) is 0 Å². The Morgan fingerprint density at radius 1 is 0.462 bits per heavy atom. The van der Waals surface area contributed by atoms with Crippen LogP contribution >= 0.6 is 19.4 Å². The molecule has 2 aliphatic rings. The quantitative estimate of drug-likeness (QED) is 0.589. The summed E-state index contributed by atoms with van der Waals surface area (Å²) in [6, 6.07) is 0. The summed E-state index contributed by atoms with van der Waals surface area (Å²) < 4.78 is 0. The molecule has 0 amide bonds. The molecule has 0 spiro atoms. The molecule has 2 aliphatic carbocycles. The van der Waals surface area contributed by atoms with Crippen LogP contribution in [0.5, 0.6) is 0 Å². The van der Waals surface area contributed by atoms with Gasteiger partial charge < -0.3 is 0 Å². The van der Waals surface area contributed by atoms with E-state index in [-0.39, 0.29) is 0 Å². The summed E-state index contributed by atoms with van der Waals surface area (Å²) in [5.74, 6) is 0. The van der Waals surface area contributed by atoms with Crippen LogP contribution in [-0.4, -0.2) is 0 Å². The minimum atomic E-state index is -0.931. The van der Waals surface area contributed by atoms with Crippen LogP contribution < -0.4 is 0 Å². The van der Waals surface area contributed by atoms with E-state index in [1.54, 1.807) is 0 Å². The Balaban J connectivity index is 0.000000174. The first-order chi connectivity index (χ1) is 6.41. The second-order valence-electron chi connectivity index (χ2n) is 2.03. The SMILES string of the molecule is [CH]1[CH][CH][CH][CH]1.[CH]1[CH][CH][CH][CH]1.[Cl][Zn][Cl]. The van der Waals surface area contributed by atoms with Gasteiger partial charge in [0.05, 0.1) is 0 Å². The first-order valence-corrected chi connectivity index (χ1v) is 11.7. The number of hydrogen-bond acceptors (Lipinski definition) is 0. The fraction of sp³-hybridized carbons (Fsp3) is 0. The molecule has 0 bridgehead atoms. The summed E-state index contributed by atoms with van der Waals surface area (Å²) in [5, 5.41) is 0. The van der Waals surface area contributed by atoms with Crippen LogP contribution in [-0.2, 0) is 15.1 Å².